The maximum absolute atomic E-state index is 12.3. The third-order valence-electron chi connectivity index (χ3n) is 3.98. The summed E-state index contributed by atoms with van der Waals surface area (Å²) < 4.78 is 10.5. The number of hydrogen-bond acceptors (Lipinski definition) is 5. The molecule has 1 amide bonds. The fourth-order valence-electron chi connectivity index (χ4n) is 3.19. The minimum atomic E-state index is -0.436. The fraction of sp³-hybridized carbons (Fsp3) is 0.933. The van der Waals surface area contributed by atoms with Crippen LogP contribution in [0.2, 0.25) is 0 Å². The molecular formula is C15H28N2O4. The molecule has 0 aromatic heterocycles. The van der Waals surface area contributed by atoms with Gasteiger partial charge in [-0.1, -0.05) is 0 Å². The van der Waals surface area contributed by atoms with Crippen LogP contribution in [0, 0.1) is 0 Å². The minimum Gasteiger partial charge on any atom is -0.444 e. The molecule has 6 nitrogen and oxygen atoms in total. The Morgan fingerprint density at radius 2 is 1.81 bits per heavy atom. The van der Waals surface area contributed by atoms with Crippen LogP contribution in [0.4, 0.5) is 4.79 Å². The van der Waals surface area contributed by atoms with Crippen molar-refractivity contribution < 1.29 is 19.1 Å². The maximum atomic E-state index is 12.3. The van der Waals surface area contributed by atoms with E-state index in [1.165, 1.54) is 0 Å². The van der Waals surface area contributed by atoms with Crippen LogP contribution in [-0.2, 0) is 14.3 Å². The van der Waals surface area contributed by atoms with E-state index in [-0.39, 0.29) is 18.2 Å². The molecule has 2 saturated heterocycles. The summed E-state index contributed by atoms with van der Waals surface area (Å²) >= 11 is 0. The molecule has 6 heteroatoms. The number of carbonyl (C=O) groups excluding carboxylic acids is 1. The van der Waals surface area contributed by atoms with Gasteiger partial charge in [-0.2, -0.15) is 5.48 Å². The molecule has 2 aliphatic rings. The molecule has 2 bridgehead atoms. The van der Waals surface area contributed by atoms with Gasteiger partial charge in [0.1, 0.15) is 5.60 Å². The van der Waals surface area contributed by atoms with Gasteiger partial charge in [0.15, 0.2) is 0 Å². The molecule has 2 heterocycles. The monoisotopic (exact) mass is 300 g/mol. The number of fused-ring (bicyclic) bond motifs is 2. The smallest absolute Gasteiger partial charge is 0.410 e. The number of nitrogens with zero attached hydrogens (tertiary/aromatic N) is 1. The number of hydroxylamine groups is 1. The summed E-state index contributed by atoms with van der Waals surface area (Å²) in [5.74, 6) is 0. The summed E-state index contributed by atoms with van der Waals surface area (Å²) in [7, 11) is 1.66. The number of piperidine rings is 1. The summed E-state index contributed by atoms with van der Waals surface area (Å²) in [4.78, 5) is 19.7. The number of methoxy groups -OCH3 is 1. The predicted octanol–water partition coefficient (Wildman–Crippen LogP) is 2.08. The average Bonchev–Trinajstić information content (AvgIpc) is 2.65. The van der Waals surface area contributed by atoms with E-state index >= 15 is 0 Å². The second-order valence-electron chi connectivity index (χ2n) is 6.90. The van der Waals surface area contributed by atoms with Crippen molar-refractivity contribution in [1.82, 2.24) is 10.4 Å². The molecule has 0 spiro atoms. The number of nitrogens with one attached hydrogen (secondary N) is 1. The molecule has 1 N–H and O–H groups in total. The highest BCUT2D eigenvalue weighted by Crippen LogP contribution is 2.36. The van der Waals surface area contributed by atoms with E-state index in [4.69, 9.17) is 14.3 Å². The molecule has 0 saturated carbocycles. The highest BCUT2D eigenvalue weighted by atomic mass is 16.7. The Morgan fingerprint density at radius 1 is 1.19 bits per heavy atom. The van der Waals surface area contributed by atoms with Crippen LogP contribution in [0.15, 0.2) is 0 Å². The van der Waals surface area contributed by atoms with E-state index < -0.39 is 5.60 Å². The number of rotatable bonds is 5. The molecule has 21 heavy (non-hydrogen) atoms. The summed E-state index contributed by atoms with van der Waals surface area (Å²) in [6.45, 7) is 6.84. The van der Waals surface area contributed by atoms with E-state index in [1.807, 2.05) is 25.7 Å². The van der Waals surface area contributed by atoms with Crippen LogP contribution in [0.1, 0.15) is 46.5 Å². The van der Waals surface area contributed by atoms with Gasteiger partial charge in [0.2, 0.25) is 0 Å². The van der Waals surface area contributed by atoms with Crippen molar-refractivity contribution in [3.05, 3.63) is 0 Å². The Bertz CT molecular complexity index is 342. The SMILES string of the molecule is COCCONC1CC2CCC(C1)N2C(=O)OC(C)(C)C. The number of ether oxygens (including phenoxy) is 2. The van der Waals surface area contributed by atoms with Gasteiger partial charge in [-0.3, -0.25) is 4.84 Å². The van der Waals surface area contributed by atoms with Crippen molar-refractivity contribution in [3.8, 4) is 0 Å². The Kier molecular flexibility index (Phi) is 5.46. The molecule has 2 rings (SSSR count). The first-order valence-electron chi connectivity index (χ1n) is 7.78. The van der Waals surface area contributed by atoms with Gasteiger partial charge in [0, 0.05) is 25.2 Å². The van der Waals surface area contributed by atoms with Crippen molar-refractivity contribution in [2.75, 3.05) is 20.3 Å². The van der Waals surface area contributed by atoms with E-state index in [1.54, 1.807) is 7.11 Å². The zero-order valence-electron chi connectivity index (χ0n) is 13.6. The largest absolute Gasteiger partial charge is 0.444 e. The van der Waals surface area contributed by atoms with Crippen molar-refractivity contribution in [1.29, 1.82) is 0 Å². The molecule has 2 fully saturated rings. The van der Waals surface area contributed by atoms with Gasteiger partial charge in [-0.15, -0.1) is 0 Å². The average molecular weight is 300 g/mol. The third-order valence-corrected chi connectivity index (χ3v) is 3.98. The summed E-state index contributed by atoms with van der Waals surface area (Å²) in [5.41, 5.74) is 2.67. The molecule has 2 atom stereocenters. The van der Waals surface area contributed by atoms with Gasteiger partial charge in [-0.05, 0) is 46.5 Å². The van der Waals surface area contributed by atoms with E-state index in [0.29, 0.717) is 19.3 Å². The predicted molar refractivity (Wildman–Crippen MR) is 78.9 cm³/mol. The molecule has 0 radical (unpaired) electrons. The lowest BCUT2D eigenvalue weighted by Gasteiger charge is -2.39. The molecule has 122 valence electrons. The first kappa shape index (κ1) is 16.5. The van der Waals surface area contributed by atoms with Crippen molar-refractivity contribution in [3.63, 3.8) is 0 Å². The molecule has 0 aliphatic carbocycles. The summed E-state index contributed by atoms with van der Waals surface area (Å²) in [6.07, 6.45) is 3.78. The van der Waals surface area contributed by atoms with Crippen LogP contribution in [-0.4, -0.2) is 55.0 Å². The van der Waals surface area contributed by atoms with E-state index in [9.17, 15) is 4.79 Å². The van der Waals surface area contributed by atoms with Crippen molar-refractivity contribution >= 4 is 6.09 Å². The zero-order chi connectivity index (χ0) is 15.5. The normalized spacial score (nSPS) is 28.8. The number of carbonyl (C=O) groups is 1. The third kappa shape index (κ3) is 4.56. The van der Waals surface area contributed by atoms with Crippen LogP contribution in [0.5, 0.6) is 0 Å². The Labute approximate surface area is 127 Å². The Morgan fingerprint density at radius 3 is 2.33 bits per heavy atom. The topological polar surface area (TPSA) is 60.0 Å². The lowest BCUT2D eigenvalue weighted by Crippen LogP contribution is -2.52. The number of amides is 1. The van der Waals surface area contributed by atoms with E-state index in [2.05, 4.69) is 5.48 Å². The van der Waals surface area contributed by atoms with Gasteiger partial charge < -0.3 is 14.4 Å². The van der Waals surface area contributed by atoms with E-state index in [0.717, 1.165) is 25.7 Å². The number of hydrogen-bond donors (Lipinski definition) is 1. The Balaban J connectivity index is 1.83. The highest BCUT2D eigenvalue weighted by molar-refractivity contribution is 5.69. The van der Waals surface area contributed by atoms with Crippen molar-refractivity contribution in [2.45, 2.75) is 70.2 Å². The molecule has 0 aromatic carbocycles. The highest BCUT2D eigenvalue weighted by Gasteiger charge is 2.44. The van der Waals surface area contributed by atoms with Crippen LogP contribution >= 0.6 is 0 Å². The van der Waals surface area contributed by atoms with Gasteiger partial charge in [-0.25, -0.2) is 4.79 Å². The first-order chi connectivity index (χ1) is 9.90. The Hall–Kier alpha value is -0.850. The molecule has 0 aromatic rings. The lowest BCUT2D eigenvalue weighted by molar-refractivity contribution is -0.0382. The second-order valence-corrected chi connectivity index (χ2v) is 6.90. The first-order valence-corrected chi connectivity index (χ1v) is 7.78. The van der Waals surface area contributed by atoms with Gasteiger partial charge in [0.25, 0.3) is 0 Å². The van der Waals surface area contributed by atoms with Crippen LogP contribution in [0.25, 0.3) is 0 Å². The second kappa shape index (κ2) is 6.94. The summed E-state index contributed by atoms with van der Waals surface area (Å²) in [6, 6.07) is 0.835. The standard InChI is InChI=1S/C15H28N2O4/c1-15(2,3)21-14(18)17-12-5-6-13(17)10-11(9-12)16-20-8-7-19-4/h11-13,16H,5-10H2,1-4H3. The lowest BCUT2D eigenvalue weighted by atomic mass is 9.98. The van der Waals surface area contributed by atoms with Crippen molar-refractivity contribution in [2.24, 2.45) is 0 Å². The molecule has 2 unspecified atom stereocenters. The van der Waals surface area contributed by atoms with Gasteiger partial charge in [0.05, 0.1) is 13.2 Å². The van der Waals surface area contributed by atoms with Crippen LogP contribution in [0.3, 0.4) is 0 Å². The quantitative estimate of drug-likeness (QED) is 0.622. The maximum Gasteiger partial charge on any atom is 0.410 e. The fourth-order valence-corrected chi connectivity index (χ4v) is 3.19. The molecular weight excluding hydrogens is 272 g/mol. The van der Waals surface area contributed by atoms with Crippen LogP contribution < -0.4 is 5.48 Å². The zero-order valence-corrected chi connectivity index (χ0v) is 13.6. The molecule has 2 aliphatic heterocycles. The minimum absolute atomic E-state index is 0.172. The van der Waals surface area contributed by atoms with Gasteiger partial charge >= 0.3 is 6.09 Å². The summed E-state index contributed by atoms with van der Waals surface area (Å²) in [5, 5.41) is 0.